The zero-order valence-corrected chi connectivity index (χ0v) is 7.05. The van der Waals surface area contributed by atoms with Gasteiger partial charge >= 0.3 is 0 Å². The summed E-state index contributed by atoms with van der Waals surface area (Å²) in [4.78, 5) is 0. The number of furan rings is 1. The molecule has 3 rings (SSSR count). The summed E-state index contributed by atoms with van der Waals surface area (Å²) in [5.41, 5.74) is 9.14. The molecule has 64 valence electrons. The SMILES string of the molecule is NCC1c2cocc2CC12CC2. The third-order valence-electron chi connectivity index (χ3n) is 3.56. The Bertz CT molecular complexity index is 311. The van der Waals surface area contributed by atoms with E-state index in [1.807, 2.05) is 12.5 Å². The third-order valence-corrected chi connectivity index (χ3v) is 3.56. The van der Waals surface area contributed by atoms with Gasteiger partial charge in [0.1, 0.15) is 0 Å². The van der Waals surface area contributed by atoms with Gasteiger partial charge < -0.3 is 10.2 Å². The zero-order chi connectivity index (χ0) is 8.18. The van der Waals surface area contributed by atoms with Gasteiger partial charge in [-0.3, -0.25) is 0 Å². The van der Waals surface area contributed by atoms with Crippen LogP contribution in [0.1, 0.15) is 29.9 Å². The van der Waals surface area contributed by atoms with Gasteiger partial charge in [0, 0.05) is 5.92 Å². The highest BCUT2D eigenvalue weighted by Gasteiger charge is 2.54. The summed E-state index contributed by atoms with van der Waals surface area (Å²) in [6.07, 6.45) is 7.72. The Kier molecular flexibility index (Phi) is 1.09. The second-order valence-corrected chi connectivity index (χ2v) is 4.18. The summed E-state index contributed by atoms with van der Waals surface area (Å²) < 4.78 is 5.19. The zero-order valence-electron chi connectivity index (χ0n) is 7.05. The molecule has 0 saturated heterocycles. The molecule has 12 heavy (non-hydrogen) atoms. The first kappa shape index (κ1) is 6.72. The molecule has 0 bridgehead atoms. The maximum absolute atomic E-state index is 5.78. The predicted octanol–water partition coefficient (Wildman–Crippen LogP) is 1.66. The molecule has 2 aliphatic carbocycles. The van der Waals surface area contributed by atoms with Crippen LogP contribution in [0.2, 0.25) is 0 Å². The van der Waals surface area contributed by atoms with Crippen LogP contribution in [0.5, 0.6) is 0 Å². The average Bonchev–Trinajstić information content (AvgIpc) is 2.53. The van der Waals surface area contributed by atoms with E-state index in [1.54, 1.807) is 0 Å². The lowest BCUT2D eigenvalue weighted by molar-refractivity contribution is 0.426. The van der Waals surface area contributed by atoms with Crippen molar-refractivity contribution >= 4 is 0 Å². The van der Waals surface area contributed by atoms with Gasteiger partial charge in [-0.05, 0) is 42.3 Å². The van der Waals surface area contributed by atoms with Crippen LogP contribution in [-0.4, -0.2) is 6.54 Å². The molecule has 0 amide bonds. The number of hydrogen-bond donors (Lipinski definition) is 1. The van der Waals surface area contributed by atoms with E-state index in [1.165, 1.54) is 30.4 Å². The fourth-order valence-corrected chi connectivity index (χ4v) is 2.68. The van der Waals surface area contributed by atoms with E-state index >= 15 is 0 Å². The molecule has 1 unspecified atom stereocenters. The summed E-state index contributed by atoms with van der Waals surface area (Å²) in [7, 11) is 0. The molecule has 1 aromatic heterocycles. The van der Waals surface area contributed by atoms with Crippen LogP contribution in [0.3, 0.4) is 0 Å². The molecule has 1 saturated carbocycles. The monoisotopic (exact) mass is 163 g/mol. The molecule has 2 nitrogen and oxygen atoms in total. The summed E-state index contributed by atoms with van der Waals surface area (Å²) in [6.45, 7) is 0.784. The van der Waals surface area contributed by atoms with Crippen molar-refractivity contribution in [1.29, 1.82) is 0 Å². The van der Waals surface area contributed by atoms with Crippen molar-refractivity contribution in [1.82, 2.24) is 0 Å². The Morgan fingerprint density at radius 1 is 1.50 bits per heavy atom. The van der Waals surface area contributed by atoms with Crippen LogP contribution in [0.15, 0.2) is 16.9 Å². The Balaban J connectivity index is 2.07. The van der Waals surface area contributed by atoms with Crippen LogP contribution >= 0.6 is 0 Å². The standard InChI is InChI=1S/C10H13NO/c11-4-9-8-6-12-5-7(8)3-10(9)1-2-10/h5-6,9H,1-4,11H2. The molecule has 2 heteroatoms. The first-order valence-electron chi connectivity index (χ1n) is 4.61. The first-order chi connectivity index (χ1) is 5.86. The molecular formula is C10H13NO. The third kappa shape index (κ3) is 0.643. The Hall–Kier alpha value is -0.760. The van der Waals surface area contributed by atoms with E-state index < -0.39 is 0 Å². The molecule has 1 aromatic rings. The lowest BCUT2D eigenvalue weighted by Crippen LogP contribution is -2.18. The number of fused-ring (bicyclic) bond motifs is 1. The van der Waals surface area contributed by atoms with E-state index in [-0.39, 0.29) is 0 Å². The van der Waals surface area contributed by atoms with Crippen molar-refractivity contribution in [2.75, 3.05) is 6.54 Å². The summed E-state index contributed by atoms with van der Waals surface area (Å²) in [6, 6.07) is 0. The smallest absolute Gasteiger partial charge is 0.0940 e. The maximum Gasteiger partial charge on any atom is 0.0940 e. The van der Waals surface area contributed by atoms with E-state index in [0.717, 1.165) is 6.54 Å². The summed E-state index contributed by atoms with van der Waals surface area (Å²) in [5, 5.41) is 0. The molecule has 0 aromatic carbocycles. The first-order valence-corrected chi connectivity index (χ1v) is 4.61. The molecule has 0 aliphatic heterocycles. The molecule has 2 aliphatic rings. The van der Waals surface area contributed by atoms with E-state index in [4.69, 9.17) is 10.2 Å². The topological polar surface area (TPSA) is 39.2 Å². The van der Waals surface area contributed by atoms with Crippen LogP contribution in [-0.2, 0) is 6.42 Å². The van der Waals surface area contributed by atoms with Gasteiger partial charge in [-0.15, -0.1) is 0 Å². The molecule has 1 fully saturated rings. The minimum Gasteiger partial charge on any atom is -0.472 e. The predicted molar refractivity (Wildman–Crippen MR) is 45.9 cm³/mol. The molecule has 0 radical (unpaired) electrons. The highest BCUT2D eigenvalue weighted by Crippen LogP contribution is 2.62. The second kappa shape index (κ2) is 1.94. The van der Waals surface area contributed by atoms with Crippen molar-refractivity contribution in [2.24, 2.45) is 11.1 Å². The van der Waals surface area contributed by atoms with Crippen molar-refractivity contribution < 1.29 is 4.42 Å². The van der Waals surface area contributed by atoms with Gasteiger partial charge in [0.15, 0.2) is 0 Å². The molecule has 1 spiro atoms. The Labute approximate surface area is 71.7 Å². The molecule has 2 N–H and O–H groups in total. The van der Waals surface area contributed by atoms with E-state index in [2.05, 4.69) is 0 Å². The fourth-order valence-electron chi connectivity index (χ4n) is 2.68. The van der Waals surface area contributed by atoms with E-state index in [0.29, 0.717) is 11.3 Å². The molecular weight excluding hydrogens is 150 g/mol. The minimum absolute atomic E-state index is 0.566. The van der Waals surface area contributed by atoms with Crippen LogP contribution in [0.4, 0.5) is 0 Å². The number of hydrogen-bond acceptors (Lipinski definition) is 2. The normalized spacial score (nSPS) is 29.2. The van der Waals surface area contributed by atoms with Crippen molar-refractivity contribution in [3.8, 4) is 0 Å². The van der Waals surface area contributed by atoms with Crippen LogP contribution < -0.4 is 5.73 Å². The minimum atomic E-state index is 0.566. The molecule has 1 heterocycles. The van der Waals surface area contributed by atoms with E-state index in [9.17, 15) is 0 Å². The average molecular weight is 163 g/mol. The highest BCUT2D eigenvalue weighted by molar-refractivity contribution is 5.38. The molecule has 1 atom stereocenters. The van der Waals surface area contributed by atoms with Gasteiger partial charge in [0.05, 0.1) is 12.5 Å². The fraction of sp³-hybridized carbons (Fsp3) is 0.600. The lowest BCUT2D eigenvalue weighted by atomic mass is 9.90. The van der Waals surface area contributed by atoms with Gasteiger partial charge in [0.2, 0.25) is 0 Å². The Morgan fingerprint density at radius 2 is 2.33 bits per heavy atom. The van der Waals surface area contributed by atoms with Gasteiger partial charge in [-0.25, -0.2) is 0 Å². The number of nitrogens with two attached hydrogens (primary N) is 1. The van der Waals surface area contributed by atoms with Crippen molar-refractivity contribution in [3.05, 3.63) is 23.7 Å². The maximum atomic E-state index is 5.78. The van der Waals surface area contributed by atoms with Crippen molar-refractivity contribution in [2.45, 2.75) is 25.2 Å². The number of rotatable bonds is 1. The van der Waals surface area contributed by atoms with Gasteiger partial charge in [-0.2, -0.15) is 0 Å². The van der Waals surface area contributed by atoms with Crippen LogP contribution in [0, 0.1) is 5.41 Å². The second-order valence-electron chi connectivity index (χ2n) is 4.18. The van der Waals surface area contributed by atoms with Gasteiger partial charge in [0.25, 0.3) is 0 Å². The van der Waals surface area contributed by atoms with Crippen LogP contribution in [0.25, 0.3) is 0 Å². The summed E-state index contributed by atoms with van der Waals surface area (Å²) >= 11 is 0. The quantitative estimate of drug-likeness (QED) is 0.683. The highest BCUT2D eigenvalue weighted by atomic mass is 16.3. The summed E-state index contributed by atoms with van der Waals surface area (Å²) in [5.74, 6) is 0.589. The lowest BCUT2D eigenvalue weighted by Gasteiger charge is -2.15. The van der Waals surface area contributed by atoms with Crippen molar-refractivity contribution in [3.63, 3.8) is 0 Å². The largest absolute Gasteiger partial charge is 0.472 e. The van der Waals surface area contributed by atoms with Gasteiger partial charge in [-0.1, -0.05) is 0 Å². The Morgan fingerprint density at radius 3 is 3.00 bits per heavy atom.